The SMILES string of the molecule is CC(NC(=O)Nc1ncn[nH]1)Oc1ccc(Cl)cc1. The number of amides is 2. The van der Waals surface area contributed by atoms with Crippen molar-refractivity contribution in [2.45, 2.75) is 13.2 Å². The van der Waals surface area contributed by atoms with Gasteiger partial charge in [-0.3, -0.25) is 5.32 Å². The standard InChI is InChI=1S/C11H12ClN5O2/c1-7(19-9-4-2-8(12)3-5-9)15-11(18)16-10-13-6-14-17-10/h2-7H,1H3,(H3,13,14,15,16,17,18). The van der Waals surface area contributed by atoms with Gasteiger partial charge in [-0.25, -0.2) is 9.89 Å². The topological polar surface area (TPSA) is 91.9 Å². The second kappa shape index (κ2) is 6.05. The van der Waals surface area contributed by atoms with Crippen LogP contribution in [0.25, 0.3) is 0 Å². The van der Waals surface area contributed by atoms with Gasteiger partial charge >= 0.3 is 6.03 Å². The highest BCUT2D eigenvalue weighted by atomic mass is 35.5. The summed E-state index contributed by atoms with van der Waals surface area (Å²) in [5, 5.41) is 11.8. The van der Waals surface area contributed by atoms with E-state index in [0.717, 1.165) is 0 Å². The summed E-state index contributed by atoms with van der Waals surface area (Å²) in [7, 11) is 0. The molecule has 0 aliphatic carbocycles. The highest BCUT2D eigenvalue weighted by molar-refractivity contribution is 6.30. The third-order valence-electron chi connectivity index (χ3n) is 2.11. The second-order valence-electron chi connectivity index (χ2n) is 3.65. The molecule has 1 aromatic carbocycles. The largest absolute Gasteiger partial charge is 0.471 e. The Kier molecular flexibility index (Phi) is 4.19. The predicted octanol–water partition coefficient (Wildman–Crippen LogP) is 2.00. The van der Waals surface area contributed by atoms with Gasteiger partial charge in [0.2, 0.25) is 5.95 Å². The molecule has 0 fully saturated rings. The van der Waals surface area contributed by atoms with Crippen LogP contribution in [0.15, 0.2) is 30.6 Å². The third-order valence-corrected chi connectivity index (χ3v) is 2.36. The number of anilines is 1. The zero-order valence-electron chi connectivity index (χ0n) is 10.1. The number of ether oxygens (including phenoxy) is 1. The number of aromatic nitrogens is 3. The molecule has 1 heterocycles. The molecule has 8 heteroatoms. The number of carbonyl (C=O) groups excluding carboxylic acids is 1. The number of carbonyl (C=O) groups is 1. The van der Waals surface area contributed by atoms with Gasteiger partial charge in [0.05, 0.1) is 0 Å². The highest BCUT2D eigenvalue weighted by Gasteiger charge is 2.09. The maximum Gasteiger partial charge on any atom is 0.324 e. The van der Waals surface area contributed by atoms with Crippen LogP contribution in [-0.4, -0.2) is 27.4 Å². The first-order valence-corrected chi connectivity index (χ1v) is 5.86. The van der Waals surface area contributed by atoms with Gasteiger partial charge < -0.3 is 10.1 Å². The van der Waals surface area contributed by atoms with E-state index < -0.39 is 12.3 Å². The van der Waals surface area contributed by atoms with E-state index in [1.165, 1.54) is 6.33 Å². The Morgan fingerprint density at radius 3 is 2.79 bits per heavy atom. The van der Waals surface area contributed by atoms with E-state index in [0.29, 0.717) is 10.8 Å². The molecule has 0 saturated carbocycles. The Morgan fingerprint density at radius 2 is 2.16 bits per heavy atom. The molecular formula is C11H12ClN5O2. The van der Waals surface area contributed by atoms with Gasteiger partial charge in [-0.2, -0.15) is 10.1 Å². The number of H-pyrrole nitrogens is 1. The van der Waals surface area contributed by atoms with Crippen LogP contribution in [0, 0.1) is 0 Å². The van der Waals surface area contributed by atoms with Crippen LogP contribution in [-0.2, 0) is 0 Å². The number of rotatable bonds is 4. The number of hydrogen-bond acceptors (Lipinski definition) is 4. The van der Waals surface area contributed by atoms with Crippen molar-refractivity contribution < 1.29 is 9.53 Å². The Morgan fingerprint density at radius 1 is 1.42 bits per heavy atom. The fraction of sp³-hybridized carbons (Fsp3) is 0.182. The first kappa shape index (κ1) is 13.2. The lowest BCUT2D eigenvalue weighted by Crippen LogP contribution is -2.39. The Labute approximate surface area is 114 Å². The quantitative estimate of drug-likeness (QED) is 0.748. The van der Waals surface area contributed by atoms with Crippen LogP contribution in [0.1, 0.15) is 6.92 Å². The minimum absolute atomic E-state index is 0.260. The summed E-state index contributed by atoms with van der Waals surface area (Å²) < 4.78 is 5.48. The van der Waals surface area contributed by atoms with Gasteiger partial charge in [-0.1, -0.05) is 11.6 Å². The fourth-order valence-corrected chi connectivity index (χ4v) is 1.47. The molecule has 1 aromatic heterocycles. The number of benzene rings is 1. The van der Waals surface area contributed by atoms with Crippen LogP contribution in [0.3, 0.4) is 0 Å². The summed E-state index contributed by atoms with van der Waals surface area (Å²) in [5.74, 6) is 0.869. The summed E-state index contributed by atoms with van der Waals surface area (Å²) in [6.45, 7) is 1.70. The summed E-state index contributed by atoms with van der Waals surface area (Å²) in [6.07, 6.45) is 0.785. The molecule has 2 amide bonds. The van der Waals surface area contributed by atoms with E-state index in [1.54, 1.807) is 31.2 Å². The van der Waals surface area contributed by atoms with Crippen LogP contribution in [0.5, 0.6) is 5.75 Å². The van der Waals surface area contributed by atoms with Crippen LogP contribution < -0.4 is 15.4 Å². The molecule has 2 aromatic rings. The summed E-state index contributed by atoms with van der Waals surface area (Å²) in [5.41, 5.74) is 0. The molecule has 1 unspecified atom stereocenters. The molecule has 0 aliphatic rings. The average Bonchev–Trinajstić information content (AvgIpc) is 2.84. The molecule has 1 atom stereocenters. The summed E-state index contributed by atoms with van der Waals surface area (Å²) >= 11 is 5.76. The van der Waals surface area contributed by atoms with Crippen LogP contribution >= 0.6 is 11.6 Å². The number of nitrogens with zero attached hydrogens (tertiary/aromatic N) is 2. The van der Waals surface area contributed by atoms with Gasteiger partial charge in [-0.15, -0.1) is 0 Å². The molecule has 0 spiro atoms. The lowest BCUT2D eigenvalue weighted by Gasteiger charge is -2.16. The number of nitrogens with one attached hydrogen (secondary N) is 3. The van der Waals surface area contributed by atoms with Crippen molar-refractivity contribution in [1.82, 2.24) is 20.5 Å². The van der Waals surface area contributed by atoms with E-state index >= 15 is 0 Å². The number of aromatic amines is 1. The second-order valence-corrected chi connectivity index (χ2v) is 4.08. The van der Waals surface area contributed by atoms with Crippen molar-refractivity contribution in [2.75, 3.05) is 5.32 Å². The molecule has 0 saturated heterocycles. The average molecular weight is 282 g/mol. The van der Waals surface area contributed by atoms with Gasteiger partial charge in [0.1, 0.15) is 12.1 Å². The molecule has 7 nitrogen and oxygen atoms in total. The minimum Gasteiger partial charge on any atom is -0.471 e. The molecule has 0 radical (unpaired) electrons. The Bertz CT molecular complexity index is 529. The van der Waals surface area contributed by atoms with E-state index in [9.17, 15) is 4.79 Å². The number of halogens is 1. The lowest BCUT2D eigenvalue weighted by atomic mass is 10.3. The Balaban J connectivity index is 1.82. The molecule has 3 N–H and O–H groups in total. The summed E-state index contributed by atoms with van der Waals surface area (Å²) in [4.78, 5) is 15.3. The van der Waals surface area contributed by atoms with Crippen LogP contribution in [0.2, 0.25) is 5.02 Å². The van der Waals surface area contributed by atoms with Crippen molar-refractivity contribution in [1.29, 1.82) is 0 Å². The van der Waals surface area contributed by atoms with Gasteiger partial charge in [0, 0.05) is 5.02 Å². The van der Waals surface area contributed by atoms with Crippen molar-refractivity contribution in [2.24, 2.45) is 0 Å². The molecule has 2 rings (SSSR count). The van der Waals surface area contributed by atoms with Gasteiger partial charge in [-0.05, 0) is 31.2 Å². The molecule has 100 valence electrons. The lowest BCUT2D eigenvalue weighted by molar-refractivity contribution is 0.183. The first-order chi connectivity index (χ1) is 9.13. The van der Waals surface area contributed by atoms with Crippen molar-refractivity contribution >= 4 is 23.6 Å². The number of hydrogen-bond donors (Lipinski definition) is 3. The predicted molar refractivity (Wildman–Crippen MR) is 70.1 cm³/mol. The molecule has 0 bridgehead atoms. The van der Waals surface area contributed by atoms with Crippen molar-refractivity contribution in [3.63, 3.8) is 0 Å². The van der Waals surface area contributed by atoms with Crippen molar-refractivity contribution in [3.05, 3.63) is 35.6 Å². The zero-order valence-corrected chi connectivity index (χ0v) is 10.8. The molecular weight excluding hydrogens is 270 g/mol. The monoisotopic (exact) mass is 281 g/mol. The minimum atomic E-state index is -0.510. The first-order valence-electron chi connectivity index (χ1n) is 5.48. The maximum atomic E-state index is 11.6. The molecule has 0 aliphatic heterocycles. The van der Waals surface area contributed by atoms with E-state index in [-0.39, 0.29) is 5.95 Å². The van der Waals surface area contributed by atoms with Crippen LogP contribution in [0.4, 0.5) is 10.7 Å². The highest BCUT2D eigenvalue weighted by Crippen LogP contribution is 2.16. The molecule has 19 heavy (non-hydrogen) atoms. The van der Waals surface area contributed by atoms with E-state index in [1.807, 2.05) is 0 Å². The van der Waals surface area contributed by atoms with Gasteiger partial charge in [0.25, 0.3) is 0 Å². The Hall–Kier alpha value is -2.28. The smallest absolute Gasteiger partial charge is 0.324 e. The summed E-state index contributed by atoms with van der Waals surface area (Å²) in [6, 6.07) is 6.40. The van der Waals surface area contributed by atoms with Crippen molar-refractivity contribution in [3.8, 4) is 5.75 Å². The normalized spacial score (nSPS) is 11.7. The van der Waals surface area contributed by atoms with E-state index in [2.05, 4.69) is 25.8 Å². The maximum absolute atomic E-state index is 11.6. The fourth-order valence-electron chi connectivity index (χ4n) is 1.34. The zero-order chi connectivity index (χ0) is 13.7. The van der Waals surface area contributed by atoms with E-state index in [4.69, 9.17) is 16.3 Å². The third kappa shape index (κ3) is 4.14. The number of urea groups is 1. The van der Waals surface area contributed by atoms with Gasteiger partial charge in [0.15, 0.2) is 6.23 Å².